The van der Waals surface area contributed by atoms with Crippen molar-refractivity contribution in [3.63, 3.8) is 0 Å². The number of anilines is 3. The van der Waals surface area contributed by atoms with Gasteiger partial charge in [0.1, 0.15) is 0 Å². The molecule has 0 spiro atoms. The Kier molecular flexibility index (Phi) is 14.5. The third kappa shape index (κ3) is 8.81. The molecule has 0 atom stereocenters. The third-order valence-corrected chi connectivity index (χ3v) is 8.40. The zero-order valence-corrected chi connectivity index (χ0v) is 21.8. The molecule has 6 nitrogen and oxygen atoms in total. The fourth-order valence-corrected chi connectivity index (χ4v) is 7.13. The van der Waals surface area contributed by atoms with E-state index in [1.165, 1.54) is 0 Å². The smallest absolute Gasteiger partial charge is 0.225 e. The molecule has 0 amide bonds. The van der Waals surface area contributed by atoms with Gasteiger partial charge in [0.2, 0.25) is 0 Å². The van der Waals surface area contributed by atoms with Crippen LogP contribution in [0.2, 0.25) is 0 Å². The van der Waals surface area contributed by atoms with Crippen LogP contribution < -0.4 is 11.1 Å². The van der Waals surface area contributed by atoms with Crippen molar-refractivity contribution in [3.8, 4) is 0 Å². The highest BCUT2D eigenvalue weighted by atomic mass is 32.2. The van der Waals surface area contributed by atoms with E-state index in [9.17, 15) is 0 Å². The lowest BCUT2D eigenvalue weighted by Crippen LogP contribution is -2.18. The van der Waals surface area contributed by atoms with Crippen molar-refractivity contribution in [1.82, 2.24) is 15.0 Å². The molecule has 0 fully saturated rings. The molecule has 0 N–H and O–H groups in total. The lowest BCUT2D eigenvalue weighted by Gasteiger charge is -2.25. The number of nitrogens with zero attached hydrogens (tertiary/aromatic N) is 6. The van der Waals surface area contributed by atoms with Gasteiger partial charge in [-0.1, -0.05) is 41.5 Å². The van der Waals surface area contributed by atoms with Crippen LogP contribution in [-0.2, 0) is 0 Å². The van der Waals surface area contributed by atoms with Crippen molar-refractivity contribution in [1.29, 1.82) is 0 Å². The Bertz CT molecular complexity index is 424. The molecule has 0 radical (unpaired) electrons. The van der Waals surface area contributed by atoms with Gasteiger partial charge < -0.3 is 0 Å². The molecule has 27 heavy (non-hydrogen) atoms. The lowest BCUT2D eigenvalue weighted by atomic mass is 10.8. The molecular formula is C15H30N6S6. The second kappa shape index (κ2) is 15.4. The SMILES string of the molecule is CCSN(SCC)c1nc(N(SCC)SCC)nc(N(SCC)SCC)n1. The van der Waals surface area contributed by atoms with Crippen LogP contribution in [0, 0.1) is 0 Å². The minimum atomic E-state index is 0.713. The summed E-state index contributed by atoms with van der Waals surface area (Å²) >= 11 is 10.4. The first-order valence-corrected chi connectivity index (χ1v) is 14.7. The zero-order valence-electron chi connectivity index (χ0n) is 16.9. The quantitative estimate of drug-likeness (QED) is 0.261. The molecule has 12 heteroatoms. The Morgan fingerprint density at radius 3 is 0.778 bits per heavy atom. The molecule has 0 aromatic carbocycles. The predicted molar refractivity (Wildman–Crippen MR) is 136 cm³/mol. The topological polar surface area (TPSA) is 48.4 Å². The van der Waals surface area contributed by atoms with E-state index >= 15 is 0 Å². The van der Waals surface area contributed by atoms with Crippen LogP contribution in [0.15, 0.2) is 0 Å². The van der Waals surface area contributed by atoms with E-state index < -0.39 is 0 Å². The summed E-state index contributed by atoms with van der Waals surface area (Å²) in [6, 6.07) is 0. The van der Waals surface area contributed by atoms with Crippen molar-refractivity contribution >= 4 is 89.5 Å². The molecule has 0 unspecified atom stereocenters. The zero-order chi connectivity index (χ0) is 20.1. The van der Waals surface area contributed by atoms with Crippen LogP contribution in [0.1, 0.15) is 41.5 Å². The highest BCUT2D eigenvalue weighted by molar-refractivity contribution is 8.18. The summed E-state index contributed by atoms with van der Waals surface area (Å²) in [4.78, 5) is 14.4. The first kappa shape index (κ1) is 25.5. The predicted octanol–water partition coefficient (Wildman–Crippen LogP) is 6.30. The maximum Gasteiger partial charge on any atom is 0.252 e. The number of hydrogen-bond donors (Lipinski definition) is 0. The molecule has 0 aliphatic carbocycles. The summed E-state index contributed by atoms with van der Waals surface area (Å²) in [5.41, 5.74) is 0. The molecule has 0 aliphatic rings. The summed E-state index contributed by atoms with van der Waals surface area (Å²) < 4.78 is 6.35. The number of aromatic nitrogens is 3. The van der Waals surface area contributed by atoms with Crippen molar-refractivity contribution < 1.29 is 0 Å². The van der Waals surface area contributed by atoms with Crippen molar-refractivity contribution in [2.75, 3.05) is 45.6 Å². The average molecular weight is 487 g/mol. The standard InChI is InChI=1S/C15H30N6S6/c1-7-22-19(23-8-2)13-16-14(20(24-9-3)25-10-4)18-15(17-13)21(26-11-5)27-12-6/h7-12H2,1-6H3. The van der Waals surface area contributed by atoms with Gasteiger partial charge in [0.15, 0.2) is 0 Å². The molecule has 1 heterocycles. The second-order valence-corrected chi connectivity index (χ2v) is 12.4. The van der Waals surface area contributed by atoms with Gasteiger partial charge in [0.25, 0.3) is 17.8 Å². The molecule has 0 saturated carbocycles. The lowest BCUT2D eigenvalue weighted by molar-refractivity contribution is 1.05. The summed E-state index contributed by atoms with van der Waals surface area (Å²) in [6.45, 7) is 12.9. The summed E-state index contributed by atoms with van der Waals surface area (Å²) in [5, 5.41) is 0. The molecule has 1 aromatic heterocycles. The van der Waals surface area contributed by atoms with Crippen LogP contribution in [0.4, 0.5) is 17.8 Å². The van der Waals surface area contributed by atoms with E-state index in [2.05, 4.69) is 52.7 Å². The van der Waals surface area contributed by atoms with Gasteiger partial charge in [-0.05, 0) is 71.7 Å². The van der Waals surface area contributed by atoms with E-state index in [0.717, 1.165) is 34.5 Å². The molecule has 0 aliphatic heterocycles. The highest BCUT2D eigenvalue weighted by Crippen LogP contribution is 2.36. The van der Waals surface area contributed by atoms with E-state index in [1.54, 1.807) is 71.7 Å². The van der Waals surface area contributed by atoms with Gasteiger partial charge >= 0.3 is 0 Å². The van der Waals surface area contributed by atoms with Crippen molar-refractivity contribution in [2.24, 2.45) is 0 Å². The Balaban J connectivity index is 3.38. The van der Waals surface area contributed by atoms with E-state index in [0.29, 0.717) is 17.8 Å². The molecule has 0 saturated heterocycles. The van der Waals surface area contributed by atoms with Crippen LogP contribution in [0.3, 0.4) is 0 Å². The maximum absolute atomic E-state index is 4.81. The largest absolute Gasteiger partial charge is 0.252 e. The molecule has 0 bridgehead atoms. The minimum absolute atomic E-state index is 0.713. The fourth-order valence-electron chi connectivity index (χ4n) is 1.75. The number of rotatable bonds is 15. The maximum atomic E-state index is 4.81. The number of hydrogen-bond acceptors (Lipinski definition) is 12. The molecule has 156 valence electrons. The first-order chi connectivity index (χ1) is 13.1. The summed E-state index contributed by atoms with van der Waals surface area (Å²) in [6.07, 6.45) is 0. The fraction of sp³-hybridized carbons (Fsp3) is 0.800. The van der Waals surface area contributed by atoms with Crippen LogP contribution in [-0.4, -0.2) is 49.5 Å². The van der Waals surface area contributed by atoms with E-state index in [-0.39, 0.29) is 0 Å². The average Bonchev–Trinajstić information content (AvgIpc) is 2.67. The summed E-state index contributed by atoms with van der Waals surface area (Å²) in [5.74, 6) is 7.96. The van der Waals surface area contributed by atoms with Gasteiger partial charge in [0, 0.05) is 34.5 Å². The van der Waals surface area contributed by atoms with Gasteiger partial charge in [0.05, 0.1) is 0 Å². The first-order valence-electron chi connectivity index (χ1n) is 9.08. The van der Waals surface area contributed by atoms with E-state index in [4.69, 9.17) is 15.0 Å². The Labute approximate surface area is 190 Å². The minimum Gasteiger partial charge on any atom is -0.225 e. The Hall–Kier alpha value is 0.510. The molecule has 1 aromatic rings. The van der Waals surface area contributed by atoms with Gasteiger partial charge in [-0.3, -0.25) is 0 Å². The second-order valence-electron chi connectivity index (χ2n) is 4.51. The highest BCUT2D eigenvalue weighted by Gasteiger charge is 2.21. The van der Waals surface area contributed by atoms with Crippen LogP contribution >= 0.6 is 71.7 Å². The van der Waals surface area contributed by atoms with Crippen LogP contribution in [0.5, 0.6) is 0 Å². The molecular weight excluding hydrogens is 457 g/mol. The summed E-state index contributed by atoms with van der Waals surface area (Å²) in [7, 11) is 0. The van der Waals surface area contributed by atoms with E-state index in [1.807, 2.05) is 0 Å². The van der Waals surface area contributed by atoms with Crippen LogP contribution in [0.25, 0.3) is 0 Å². The van der Waals surface area contributed by atoms with Crippen molar-refractivity contribution in [2.45, 2.75) is 41.5 Å². The normalized spacial score (nSPS) is 10.9. The Morgan fingerprint density at radius 2 is 0.630 bits per heavy atom. The third-order valence-electron chi connectivity index (χ3n) is 2.57. The monoisotopic (exact) mass is 486 g/mol. The van der Waals surface area contributed by atoms with Crippen molar-refractivity contribution in [3.05, 3.63) is 0 Å². The van der Waals surface area contributed by atoms with Gasteiger partial charge in [-0.25, -0.2) is 11.1 Å². The molecule has 1 rings (SSSR count). The van der Waals surface area contributed by atoms with Gasteiger partial charge in [-0.2, -0.15) is 15.0 Å². The van der Waals surface area contributed by atoms with Gasteiger partial charge in [-0.15, -0.1) is 0 Å². The Morgan fingerprint density at radius 1 is 0.444 bits per heavy atom.